The highest BCUT2D eigenvalue weighted by atomic mass is 19.4. The molecule has 23 heavy (non-hydrogen) atoms. The molecule has 0 radical (unpaired) electrons. The van der Waals surface area contributed by atoms with Crippen molar-refractivity contribution in [3.05, 3.63) is 35.4 Å². The van der Waals surface area contributed by atoms with Crippen molar-refractivity contribution in [3.63, 3.8) is 0 Å². The van der Waals surface area contributed by atoms with Crippen LogP contribution in [0.25, 0.3) is 0 Å². The van der Waals surface area contributed by atoms with Gasteiger partial charge in [-0.3, -0.25) is 4.79 Å². The Bertz CT molecular complexity index is 485. The number of amides is 1. The molecule has 0 fully saturated rings. The first-order valence-electron chi connectivity index (χ1n) is 8.36. The highest BCUT2D eigenvalue weighted by molar-refractivity contribution is 5.94. The van der Waals surface area contributed by atoms with E-state index in [-0.39, 0.29) is 11.5 Å². The van der Waals surface area contributed by atoms with Crippen molar-refractivity contribution in [2.75, 3.05) is 13.1 Å². The van der Waals surface area contributed by atoms with E-state index < -0.39 is 11.7 Å². The summed E-state index contributed by atoms with van der Waals surface area (Å²) in [6.07, 6.45) is 1.53. The van der Waals surface area contributed by atoms with Gasteiger partial charge >= 0.3 is 6.18 Å². The van der Waals surface area contributed by atoms with Crippen LogP contribution in [0.3, 0.4) is 0 Å². The quantitative estimate of drug-likeness (QED) is 0.546. The first kappa shape index (κ1) is 19.5. The van der Waals surface area contributed by atoms with Crippen molar-refractivity contribution in [2.45, 2.75) is 58.5 Å². The minimum absolute atomic E-state index is 0.117. The van der Waals surface area contributed by atoms with Crippen molar-refractivity contribution >= 4 is 5.91 Å². The number of hydrogen-bond acceptors (Lipinski definition) is 1. The van der Waals surface area contributed by atoms with Crippen LogP contribution in [0.2, 0.25) is 0 Å². The van der Waals surface area contributed by atoms with E-state index in [2.05, 4.69) is 6.92 Å². The van der Waals surface area contributed by atoms with E-state index in [0.717, 1.165) is 50.7 Å². The number of benzene rings is 1. The highest BCUT2D eigenvalue weighted by Gasteiger charge is 2.31. The molecule has 0 unspecified atom stereocenters. The molecule has 0 aliphatic rings. The Kier molecular flexibility index (Phi) is 8.13. The normalized spacial score (nSPS) is 11.5. The van der Waals surface area contributed by atoms with Crippen LogP contribution < -0.4 is 0 Å². The standard InChI is InChI=1S/C18H26F3NO/c1-3-5-7-8-13-22(12-6-4-2)17(23)15-10-9-11-16(14-15)18(19,20)21/h9-11,14H,3-8,12-13H2,1-2H3. The lowest BCUT2D eigenvalue weighted by Gasteiger charge is -2.23. The molecule has 0 saturated heterocycles. The second-order valence-corrected chi connectivity index (χ2v) is 5.78. The van der Waals surface area contributed by atoms with E-state index in [0.29, 0.717) is 13.1 Å². The van der Waals surface area contributed by atoms with Crippen LogP contribution >= 0.6 is 0 Å². The molecule has 0 saturated carbocycles. The highest BCUT2D eigenvalue weighted by Crippen LogP contribution is 2.29. The summed E-state index contributed by atoms with van der Waals surface area (Å²) in [4.78, 5) is 14.2. The molecule has 1 rings (SSSR count). The van der Waals surface area contributed by atoms with Gasteiger partial charge in [0, 0.05) is 18.7 Å². The zero-order chi connectivity index (χ0) is 17.3. The smallest absolute Gasteiger partial charge is 0.339 e. The lowest BCUT2D eigenvalue weighted by atomic mass is 10.1. The molecule has 0 spiro atoms. The van der Waals surface area contributed by atoms with Crippen molar-refractivity contribution in [1.82, 2.24) is 4.90 Å². The third kappa shape index (κ3) is 6.63. The van der Waals surface area contributed by atoms with E-state index in [4.69, 9.17) is 0 Å². The van der Waals surface area contributed by atoms with Gasteiger partial charge in [0.15, 0.2) is 0 Å². The van der Waals surface area contributed by atoms with Crippen LogP contribution in [0.1, 0.15) is 68.3 Å². The monoisotopic (exact) mass is 329 g/mol. The lowest BCUT2D eigenvalue weighted by Crippen LogP contribution is -2.33. The second kappa shape index (κ2) is 9.58. The molecule has 1 aromatic carbocycles. The number of carbonyl (C=O) groups is 1. The van der Waals surface area contributed by atoms with Crippen LogP contribution in [0.15, 0.2) is 24.3 Å². The SMILES string of the molecule is CCCCCCN(CCCC)C(=O)c1cccc(C(F)(F)F)c1. The molecule has 1 aromatic rings. The molecule has 0 atom stereocenters. The number of hydrogen-bond donors (Lipinski definition) is 0. The number of unbranched alkanes of at least 4 members (excludes halogenated alkanes) is 4. The molecule has 5 heteroatoms. The Morgan fingerprint density at radius 3 is 2.26 bits per heavy atom. The Morgan fingerprint density at radius 2 is 1.65 bits per heavy atom. The molecule has 0 aliphatic heterocycles. The average molecular weight is 329 g/mol. The number of nitrogens with zero attached hydrogens (tertiary/aromatic N) is 1. The fourth-order valence-electron chi connectivity index (χ4n) is 2.40. The third-order valence-electron chi connectivity index (χ3n) is 3.79. The van der Waals surface area contributed by atoms with Gasteiger partial charge in [0.05, 0.1) is 5.56 Å². The zero-order valence-electron chi connectivity index (χ0n) is 14.0. The fraction of sp³-hybridized carbons (Fsp3) is 0.611. The minimum atomic E-state index is -4.42. The number of halogens is 3. The Balaban J connectivity index is 2.82. The van der Waals surface area contributed by atoms with E-state index >= 15 is 0 Å². The van der Waals surface area contributed by atoms with Gasteiger partial charge in [-0.05, 0) is 31.0 Å². The van der Waals surface area contributed by atoms with Crippen molar-refractivity contribution in [2.24, 2.45) is 0 Å². The molecular formula is C18H26F3NO. The summed E-state index contributed by atoms with van der Waals surface area (Å²) in [6.45, 7) is 5.35. The topological polar surface area (TPSA) is 20.3 Å². The van der Waals surface area contributed by atoms with Crippen LogP contribution in [0.5, 0.6) is 0 Å². The van der Waals surface area contributed by atoms with Gasteiger partial charge in [-0.15, -0.1) is 0 Å². The maximum atomic E-state index is 12.8. The molecule has 0 aromatic heterocycles. The summed E-state index contributed by atoms with van der Waals surface area (Å²) in [5.74, 6) is -0.305. The first-order valence-corrected chi connectivity index (χ1v) is 8.36. The van der Waals surface area contributed by atoms with Gasteiger partial charge in [0.1, 0.15) is 0 Å². The first-order chi connectivity index (χ1) is 10.9. The minimum Gasteiger partial charge on any atom is -0.339 e. The largest absolute Gasteiger partial charge is 0.416 e. The van der Waals surface area contributed by atoms with E-state index in [1.165, 1.54) is 12.1 Å². The van der Waals surface area contributed by atoms with Gasteiger partial charge in [-0.2, -0.15) is 13.2 Å². The van der Waals surface area contributed by atoms with Crippen molar-refractivity contribution < 1.29 is 18.0 Å². The van der Waals surface area contributed by atoms with E-state index in [9.17, 15) is 18.0 Å². The maximum Gasteiger partial charge on any atom is 0.416 e. The van der Waals surface area contributed by atoms with E-state index in [1.807, 2.05) is 6.92 Å². The van der Waals surface area contributed by atoms with Crippen molar-refractivity contribution in [1.29, 1.82) is 0 Å². The van der Waals surface area contributed by atoms with Crippen molar-refractivity contribution in [3.8, 4) is 0 Å². The molecule has 0 heterocycles. The van der Waals surface area contributed by atoms with Gasteiger partial charge in [-0.1, -0.05) is 45.6 Å². The third-order valence-corrected chi connectivity index (χ3v) is 3.79. The fourth-order valence-corrected chi connectivity index (χ4v) is 2.40. The number of rotatable bonds is 9. The van der Waals surface area contributed by atoms with Gasteiger partial charge < -0.3 is 4.90 Å². The van der Waals surface area contributed by atoms with Crippen LogP contribution in [-0.4, -0.2) is 23.9 Å². The van der Waals surface area contributed by atoms with Gasteiger partial charge in [0.25, 0.3) is 5.91 Å². The molecule has 130 valence electrons. The molecular weight excluding hydrogens is 303 g/mol. The Labute approximate surface area is 136 Å². The number of carbonyl (C=O) groups excluding carboxylic acids is 1. The van der Waals surface area contributed by atoms with E-state index in [1.54, 1.807) is 4.90 Å². The van der Waals surface area contributed by atoms with Crippen LogP contribution in [0, 0.1) is 0 Å². The summed E-state index contributed by atoms with van der Waals surface area (Å²) in [5, 5.41) is 0. The average Bonchev–Trinajstić information content (AvgIpc) is 2.53. The predicted octanol–water partition coefficient (Wildman–Crippen LogP) is 5.53. The predicted molar refractivity (Wildman–Crippen MR) is 86.4 cm³/mol. The molecule has 2 nitrogen and oxygen atoms in total. The zero-order valence-corrected chi connectivity index (χ0v) is 14.0. The Morgan fingerprint density at radius 1 is 1.00 bits per heavy atom. The maximum absolute atomic E-state index is 12.8. The number of alkyl halides is 3. The summed E-state index contributed by atoms with van der Waals surface area (Å²) in [6, 6.07) is 4.70. The molecule has 0 N–H and O–H groups in total. The van der Waals surface area contributed by atoms with Gasteiger partial charge in [-0.25, -0.2) is 0 Å². The lowest BCUT2D eigenvalue weighted by molar-refractivity contribution is -0.137. The summed E-state index contributed by atoms with van der Waals surface area (Å²) >= 11 is 0. The Hall–Kier alpha value is -1.52. The summed E-state index contributed by atoms with van der Waals surface area (Å²) in [5.41, 5.74) is -0.656. The van der Waals surface area contributed by atoms with Crippen LogP contribution in [-0.2, 0) is 6.18 Å². The van der Waals surface area contributed by atoms with Crippen LogP contribution in [0.4, 0.5) is 13.2 Å². The second-order valence-electron chi connectivity index (χ2n) is 5.78. The summed E-state index contributed by atoms with van der Waals surface area (Å²) < 4.78 is 38.4. The molecule has 0 bridgehead atoms. The summed E-state index contributed by atoms with van der Waals surface area (Å²) in [7, 11) is 0. The van der Waals surface area contributed by atoms with Gasteiger partial charge in [0.2, 0.25) is 0 Å². The molecule has 0 aliphatic carbocycles. The molecule has 1 amide bonds.